The van der Waals surface area contributed by atoms with Crippen molar-refractivity contribution in [2.45, 2.75) is 122 Å². The standard InChI is InChI=1S/C114H99O10P/c1-70-49-91(100(115)61-82-31-19-13-20-32-82)50-71(2)109(70)88-43-46-106(97(67-88)112-76(7)55-94(56-77(112)8)103(118)64-85-37-25-16-26-38-85)122-125(121,123-107-47-44-89(110-72(3)51-92(52-73(110)4)101(116)62-83-33-21-14-22-34-83)68-98(107)113-78(9)57-95(58-79(113)10)104(119)65-86-39-27-17-28-40-86)124-108-48-45-90(111-74(5)53-93(54-75(111)6)102(117)63-84-35-23-15-24-36-84)69-99(108)114-80(11)59-96(60-81(114)12)105(120)66-87-41-29-18-30-42-87/h13-60,67-69H,61-66H2,1-12H3. The van der Waals surface area contributed by atoms with E-state index in [1.807, 2.05) is 374 Å². The molecular weight excluding hydrogens is 1560 g/mol. The number of carbonyl (C=O) groups excluding carboxylic acids is 6. The smallest absolute Gasteiger partial charge is 0.385 e. The minimum absolute atomic E-state index is 0.0242. The van der Waals surface area contributed by atoms with E-state index in [2.05, 4.69) is 0 Å². The third kappa shape index (κ3) is 19.6. The van der Waals surface area contributed by atoms with Crippen molar-refractivity contribution in [3.8, 4) is 84.0 Å². The highest BCUT2D eigenvalue weighted by Gasteiger charge is 2.38. The molecule has 0 atom stereocenters. The maximum absolute atomic E-state index is 18.1. The molecule has 0 saturated heterocycles. The molecule has 0 aliphatic heterocycles. The van der Waals surface area contributed by atoms with Crippen LogP contribution in [0.1, 0.15) is 162 Å². The van der Waals surface area contributed by atoms with Gasteiger partial charge in [0, 0.05) is 88.6 Å². The molecule has 0 radical (unpaired) electrons. The Kier molecular flexibility index (Phi) is 25.7. The van der Waals surface area contributed by atoms with Gasteiger partial charge in [-0.25, -0.2) is 0 Å². The van der Waals surface area contributed by atoms with E-state index in [9.17, 15) is 28.8 Å². The zero-order chi connectivity index (χ0) is 87.9. The maximum Gasteiger partial charge on any atom is 0.647 e. The largest absolute Gasteiger partial charge is 0.647 e. The number of benzene rings is 15. The van der Waals surface area contributed by atoms with Crippen LogP contribution in [0.15, 0.2) is 309 Å². The second-order valence-corrected chi connectivity index (χ2v) is 34.7. The van der Waals surface area contributed by atoms with E-state index in [0.717, 1.165) is 134 Å². The lowest BCUT2D eigenvalue weighted by molar-refractivity contribution is 0.0984. The van der Waals surface area contributed by atoms with Crippen LogP contribution in [0.3, 0.4) is 0 Å². The highest BCUT2D eigenvalue weighted by molar-refractivity contribution is 7.49. The molecular formula is C114H99O10P. The summed E-state index contributed by atoms with van der Waals surface area (Å²) in [6.07, 6.45) is 1.18. The quantitative estimate of drug-likeness (QED) is 0.0315. The molecule has 0 fully saturated rings. The molecule has 0 spiro atoms. The van der Waals surface area contributed by atoms with Crippen LogP contribution in [-0.2, 0) is 43.1 Å². The van der Waals surface area contributed by atoms with Gasteiger partial charge >= 0.3 is 7.82 Å². The van der Waals surface area contributed by atoms with Crippen LogP contribution in [0.4, 0.5) is 0 Å². The van der Waals surface area contributed by atoms with Gasteiger partial charge in [-0.15, -0.1) is 0 Å². The number of ketones is 6. The Morgan fingerprint density at radius 2 is 0.352 bits per heavy atom. The van der Waals surface area contributed by atoms with Gasteiger partial charge in [0.15, 0.2) is 34.7 Å². The lowest BCUT2D eigenvalue weighted by Crippen LogP contribution is -2.11. The Morgan fingerprint density at radius 3 is 0.512 bits per heavy atom. The van der Waals surface area contributed by atoms with E-state index in [1.165, 1.54) is 0 Å². The van der Waals surface area contributed by atoms with E-state index in [-0.39, 0.29) is 90.5 Å². The van der Waals surface area contributed by atoms with E-state index >= 15 is 4.57 Å². The number of phosphoric ester groups is 1. The zero-order valence-corrected chi connectivity index (χ0v) is 73.6. The Labute approximate surface area is 733 Å². The number of hydrogen-bond donors (Lipinski definition) is 0. The summed E-state index contributed by atoms with van der Waals surface area (Å²) < 4.78 is 40.5. The number of Topliss-reactive ketones (excluding diaryl/α,β-unsaturated/α-hetero) is 6. The van der Waals surface area contributed by atoms with E-state index < -0.39 is 7.82 Å². The van der Waals surface area contributed by atoms with Crippen molar-refractivity contribution in [1.29, 1.82) is 0 Å². The fourth-order valence-electron chi connectivity index (χ4n) is 18.0. The van der Waals surface area contributed by atoms with Crippen molar-refractivity contribution in [3.05, 3.63) is 443 Å². The molecule has 620 valence electrons. The predicted octanol–water partition coefficient (Wildman–Crippen LogP) is 27.6. The summed E-state index contributed by atoms with van der Waals surface area (Å²) >= 11 is 0. The summed E-state index contributed by atoms with van der Waals surface area (Å²) in [7, 11) is -5.34. The van der Waals surface area contributed by atoms with E-state index in [0.29, 0.717) is 66.8 Å². The summed E-state index contributed by atoms with van der Waals surface area (Å²) in [4.78, 5) is 86.1. The van der Waals surface area contributed by atoms with Crippen LogP contribution < -0.4 is 13.6 Å². The lowest BCUT2D eigenvalue weighted by atomic mass is 9.87. The molecule has 15 rings (SSSR count). The molecule has 125 heavy (non-hydrogen) atoms. The summed E-state index contributed by atoms with van der Waals surface area (Å²) in [6.45, 7) is 23.7. The molecule has 0 bridgehead atoms. The van der Waals surface area contributed by atoms with Gasteiger partial charge in [-0.05, 0) is 342 Å². The number of hydrogen-bond acceptors (Lipinski definition) is 10. The Balaban J connectivity index is 0.944. The topological polar surface area (TPSA) is 147 Å². The van der Waals surface area contributed by atoms with Crippen LogP contribution in [0.5, 0.6) is 17.2 Å². The van der Waals surface area contributed by atoms with Gasteiger partial charge < -0.3 is 13.6 Å². The van der Waals surface area contributed by atoms with Crippen LogP contribution in [-0.4, -0.2) is 34.7 Å². The average molecular weight is 1660 g/mol. The third-order valence-corrected chi connectivity index (χ3v) is 24.9. The fraction of sp³-hybridized carbons (Fsp3) is 0.158. The normalized spacial score (nSPS) is 11.3. The van der Waals surface area contributed by atoms with Crippen molar-refractivity contribution >= 4 is 42.5 Å². The first kappa shape index (κ1) is 85.9. The molecule has 10 nitrogen and oxygen atoms in total. The molecule has 0 aromatic heterocycles. The molecule has 15 aromatic carbocycles. The second-order valence-electron chi connectivity index (χ2n) is 33.3. The number of rotatable bonds is 30. The molecule has 0 N–H and O–H groups in total. The summed E-state index contributed by atoms with van der Waals surface area (Å²) in [5.41, 5.74) is 26.3. The van der Waals surface area contributed by atoms with Crippen molar-refractivity contribution in [2.75, 3.05) is 0 Å². The first-order valence-electron chi connectivity index (χ1n) is 42.4. The Morgan fingerprint density at radius 1 is 0.200 bits per heavy atom. The molecule has 0 aliphatic carbocycles. The van der Waals surface area contributed by atoms with Gasteiger partial charge in [-0.2, -0.15) is 4.57 Å². The average Bonchev–Trinajstić information content (AvgIpc) is 0.782. The number of aryl methyl sites for hydroxylation is 12. The fourth-order valence-corrected chi connectivity index (χ4v) is 19.3. The summed E-state index contributed by atoms with van der Waals surface area (Å²) in [5.74, 6) is -0.0193. The SMILES string of the molecule is Cc1cc(C(=O)Cc2ccccc2)cc(C)c1-c1ccc(OP(=O)(Oc2ccc(-c3c(C)cc(C(=O)Cc4ccccc4)cc3C)cc2-c2c(C)cc(C(=O)Cc3ccccc3)cc2C)Oc2ccc(-c3c(C)cc(C(=O)Cc4ccccc4)cc3C)cc2-c2c(C)cc(C(=O)Cc3ccccc3)cc2C)c(-c2c(C)cc(C(=O)Cc3ccccc3)cc2C)c1. The van der Waals surface area contributed by atoms with E-state index in [4.69, 9.17) is 13.6 Å². The highest BCUT2D eigenvalue weighted by atomic mass is 31.2. The van der Waals surface area contributed by atoms with Gasteiger partial charge in [-0.1, -0.05) is 200 Å². The Hall–Kier alpha value is -14.1. The van der Waals surface area contributed by atoms with Crippen LogP contribution in [0.2, 0.25) is 0 Å². The van der Waals surface area contributed by atoms with Gasteiger partial charge in [0.25, 0.3) is 0 Å². The van der Waals surface area contributed by atoms with E-state index in [1.54, 1.807) is 18.2 Å². The first-order chi connectivity index (χ1) is 60.2. The van der Waals surface area contributed by atoms with Gasteiger partial charge in [-0.3, -0.25) is 28.8 Å². The lowest BCUT2D eigenvalue weighted by Gasteiger charge is -2.26. The molecule has 11 heteroatoms. The minimum Gasteiger partial charge on any atom is -0.385 e. The van der Waals surface area contributed by atoms with Crippen LogP contribution >= 0.6 is 7.82 Å². The van der Waals surface area contributed by atoms with Crippen molar-refractivity contribution < 1.29 is 46.9 Å². The van der Waals surface area contributed by atoms with Gasteiger partial charge in [0.1, 0.15) is 17.2 Å². The highest BCUT2D eigenvalue weighted by Crippen LogP contribution is 2.57. The molecule has 0 saturated carbocycles. The van der Waals surface area contributed by atoms with Crippen molar-refractivity contribution in [3.63, 3.8) is 0 Å². The monoisotopic (exact) mass is 1660 g/mol. The molecule has 0 unspecified atom stereocenters. The first-order valence-corrected chi connectivity index (χ1v) is 43.9. The summed E-state index contributed by atoms with van der Waals surface area (Å²) in [6, 6.07) is 97.9. The van der Waals surface area contributed by atoms with Gasteiger partial charge in [0.05, 0.1) is 0 Å². The van der Waals surface area contributed by atoms with Crippen molar-refractivity contribution in [2.24, 2.45) is 0 Å². The molecule has 15 aromatic rings. The second kappa shape index (κ2) is 37.3. The molecule has 0 heterocycles. The zero-order valence-electron chi connectivity index (χ0n) is 72.7. The summed E-state index contributed by atoms with van der Waals surface area (Å²) in [5, 5.41) is 0. The Bertz CT molecular complexity index is 5980. The maximum atomic E-state index is 18.1. The van der Waals surface area contributed by atoms with Gasteiger partial charge in [0.2, 0.25) is 0 Å². The minimum atomic E-state index is -5.34. The molecule has 0 amide bonds. The molecule has 0 aliphatic rings. The predicted molar refractivity (Wildman–Crippen MR) is 505 cm³/mol. The third-order valence-electron chi connectivity index (χ3n) is 23.6. The number of phosphoric acid groups is 1. The van der Waals surface area contributed by atoms with Crippen LogP contribution in [0, 0.1) is 83.1 Å². The van der Waals surface area contributed by atoms with Crippen molar-refractivity contribution in [1.82, 2.24) is 0 Å². The number of carbonyl (C=O) groups is 6. The van der Waals surface area contributed by atoms with Crippen LogP contribution in [0.25, 0.3) is 66.8 Å².